The smallest absolute Gasteiger partial charge is 0.220 e. The summed E-state index contributed by atoms with van der Waals surface area (Å²) in [6.07, 6.45) is 11.1. The van der Waals surface area contributed by atoms with Crippen molar-refractivity contribution in [2.75, 3.05) is 5.75 Å². The Hall–Kier alpha value is -0.440. The summed E-state index contributed by atoms with van der Waals surface area (Å²) in [5, 5.41) is 3.90. The monoisotopic (exact) mass is 253 g/mol. The maximum Gasteiger partial charge on any atom is 0.220 e. The van der Waals surface area contributed by atoms with Crippen molar-refractivity contribution in [3.63, 3.8) is 0 Å². The van der Waals surface area contributed by atoms with Crippen molar-refractivity contribution >= 4 is 17.7 Å². The van der Waals surface area contributed by atoms with Gasteiger partial charge < -0.3 is 5.32 Å². The highest BCUT2D eigenvalue weighted by atomic mass is 32.2. The van der Waals surface area contributed by atoms with Crippen LogP contribution >= 0.6 is 11.8 Å². The zero-order valence-corrected chi connectivity index (χ0v) is 11.5. The highest BCUT2D eigenvalue weighted by molar-refractivity contribution is 7.99. The van der Waals surface area contributed by atoms with Gasteiger partial charge in [0.15, 0.2) is 0 Å². The molecule has 2 aliphatic rings. The van der Waals surface area contributed by atoms with E-state index < -0.39 is 0 Å². The maximum atomic E-state index is 12.0. The van der Waals surface area contributed by atoms with E-state index in [2.05, 4.69) is 24.4 Å². The molecule has 0 unspecified atom stereocenters. The first-order valence-corrected chi connectivity index (χ1v) is 7.92. The predicted octanol–water partition coefficient (Wildman–Crippen LogP) is 3.13. The first-order chi connectivity index (χ1) is 8.29. The van der Waals surface area contributed by atoms with Gasteiger partial charge in [-0.1, -0.05) is 25.5 Å². The molecule has 2 rings (SSSR count). The molecule has 1 saturated carbocycles. The second-order valence-electron chi connectivity index (χ2n) is 5.07. The Labute approximate surface area is 109 Å². The second-order valence-corrected chi connectivity index (χ2v) is 6.58. The summed E-state index contributed by atoms with van der Waals surface area (Å²) in [5.74, 6) is 1.91. The maximum absolute atomic E-state index is 12.0. The van der Waals surface area contributed by atoms with Crippen molar-refractivity contribution in [1.82, 2.24) is 5.32 Å². The first-order valence-electron chi connectivity index (χ1n) is 6.87. The van der Waals surface area contributed by atoms with Crippen LogP contribution in [0.4, 0.5) is 0 Å². The van der Waals surface area contributed by atoms with Crippen LogP contribution in [0.25, 0.3) is 0 Å². The highest BCUT2D eigenvalue weighted by Crippen LogP contribution is 2.30. The van der Waals surface area contributed by atoms with E-state index in [-0.39, 0.29) is 5.91 Å². The van der Waals surface area contributed by atoms with E-state index in [1.807, 2.05) is 11.8 Å². The molecule has 0 radical (unpaired) electrons. The zero-order valence-electron chi connectivity index (χ0n) is 10.7. The average molecular weight is 253 g/mol. The molecule has 1 fully saturated rings. The van der Waals surface area contributed by atoms with Crippen LogP contribution in [0.2, 0.25) is 0 Å². The minimum absolute atomic E-state index is 0.259. The Bertz CT molecular complexity index is 290. The molecular formula is C14H23NOS. The summed E-state index contributed by atoms with van der Waals surface area (Å²) in [6, 6.07) is 0.429. The average Bonchev–Trinajstić information content (AvgIpc) is 2.92. The molecule has 0 aromatic heterocycles. The summed E-state index contributed by atoms with van der Waals surface area (Å²) in [6.45, 7) is 2.20. The molecule has 1 amide bonds. The van der Waals surface area contributed by atoms with Gasteiger partial charge in [0, 0.05) is 17.7 Å². The van der Waals surface area contributed by atoms with Crippen molar-refractivity contribution in [3.05, 3.63) is 12.2 Å². The number of carbonyl (C=O) groups excluding carboxylic acids is 1. The van der Waals surface area contributed by atoms with Gasteiger partial charge in [-0.2, -0.15) is 11.8 Å². The lowest BCUT2D eigenvalue weighted by atomic mass is 10.0. The molecule has 2 aliphatic carbocycles. The van der Waals surface area contributed by atoms with E-state index in [0.717, 1.165) is 18.6 Å². The molecule has 96 valence electrons. The molecule has 3 heteroatoms. The molecule has 3 atom stereocenters. The van der Waals surface area contributed by atoms with Crippen molar-refractivity contribution < 1.29 is 4.79 Å². The Morgan fingerprint density at radius 1 is 1.41 bits per heavy atom. The summed E-state index contributed by atoms with van der Waals surface area (Å²) in [7, 11) is 0. The minimum Gasteiger partial charge on any atom is -0.352 e. The predicted molar refractivity (Wildman–Crippen MR) is 74.2 cm³/mol. The number of allylic oxidation sites excluding steroid dienone is 2. The van der Waals surface area contributed by atoms with Gasteiger partial charge in [0.2, 0.25) is 5.91 Å². The van der Waals surface area contributed by atoms with Gasteiger partial charge in [0.25, 0.3) is 0 Å². The van der Waals surface area contributed by atoms with E-state index in [0.29, 0.717) is 23.6 Å². The van der Waals surface area contributed by atoms with E-state index >= 15 is 0 Å². The van der Waals surface area contributed by atoms with E-state index in [1.54, 1.807) is 0 Å². The van der Waals surface area contributed by atoms with E-state index in [1.165, 1.54) is 19.3 Å². The first kappa shape index (κ1) is 13.0. The third-order valence-electron chi connectivity index (χ3n) is 3.74. The fourth-order valence-corrected chi connectivity index (χ4v) is 4.07. The van der Waals surface area contributed by atoms with Gasteiger partial charge in [-0.3, -0.25) is 4.79 Å². The third kappa shape index (κ3) is 3.77. The largest absolute Gasteiger partial charge is 0.352 e. The van der Waals surface area contributed by atoms with Crippen molar-refractivity contribution in [3.8, 4) is 0 Å². The molecule has 0 bridgehead atoms. The normalized spacial score (nSPS) is 31.9. The molecule has 2 nitrogen and oxygen atoms in total. The van der Waals surface area contributed by atoms with Gasteiger partial charge >= 0.3 is 0 Å². The van der Waals surface area contributed by atoms with E-state index in [9.17, 15) is 4.79 Å². The van der Waals surface area contributed by atoms with Gasteiger partial charge in [-0.15, -0.1) is 0 Å². The number of hydrogen-bond donors (Lipinski definition) is 1. The molecule has 17 heavy (non-hydrogen) atoms. The number of rotatable bonds is 5. The summed E-state index contributed by atoms with van der Waals surface area (Å²) >= 11 is 2.00. The van der Waals surface area contributed by atoms with Crippen LogP contribution in [-0.2, 0) is 4.79 Å². The number of amides is 1. The van der Waals surface area contributed by atoms with Gasteiger partial charge in [0.1, 0.15) is 0 Å². The molecule has 1 N–H and O–H groups in total. The Kier molecular flexibility index (Phi) is 4.96. The van der Waals surface area contributed by atoms with Crippen LogP contribution < -0.4 is 5.32 Å². The van der Waals surface area contributed by atoms with Gasteiger partial charge in [-0.25, -0.2) is 0 Å². The summed E-state index contributed by atoms with van der Waals surface area (Å²) < 4.78 is 0. The van der Waals surface area contributed by atoms with Crippen molar-refractivity contribution in [2.24, 2.45) is 5.92 Å². The van der Waals surface area contributed by atoms with Crippen LogP contribution in [0.3, 0.4) is 0 Å². The fraction of sp³-hybridized carbons (Fsp3) is 0.786. The van der Waals surface area contributed by atoms with Crippen molar-refractivity contribution in [1.29, 1.82) is 0 Å². The summed E-state index contributed by atoms with van der Waals surface area (Å²) in [4.78, 5) is 12.0. The second kappa shape index (κ2) is 6.48. The zero-order chi connectivity index (χ0) is 12.1. The molecule has 0 aromatic rings. The number of nitrogens with one attached hydrogen (secondary N) is 1. The molecular weight excluding hydrogens is 230 g/mol. The number of carbonyl (C=O) groups is 1. The fourth-order valence-electron chi connectivity index (χ4n) is 2.87. The third-order valence-corrected chi connectivity index (χ3v) is 5.07. The lowest BCUT2D eigenvalue weighted by Crippen LogP contribution is -2.39. The molecule has 0 aliphatic heterocycles. The number of hydrogen-bond acceptors (Lipinski definition) is 2. The summed E-state index contributed by atoms with van der Waals surface area (Å²) in [5.41, 5.74) is 0. The van der Waals surface area contributed by atoms with Crippen LogP contribution in [0, 0.1) is 5.92 Å². The minimum atomic E-state index is 0.259. The van der Waals surface area contributed by atoms with Crippen LogP contribution in [0.15, 0.2) is 12.2 Å². The number of thioether (sulfide) groups is 1. The highest BCUT2D eigenvalue weighted by Gasteiger charge is 2.28. The Morgan fingerprint density at radius 3 is 3.00 bits per heavy atom. The van der Waals surface area contributed by atoms with Crippen LogP contribution in [0.1, 0.15) is 45.4 Å². The quantitative estimate of drug-likeness (QED) is 0.763. The lowest BCUT2D eigenvalue weighted by molar-refractivity contribution is -0.122. The molecule has 0 aromatic carbocycles. The Morgan fingerprint density at radius 2 is 2.29 bits per heavy atom. The van der Waals surface area contributed by atoms with Gasteiger partial charge in [-0.05, 0) is 37.4 Å². The van der Waals surface area contributed by atoms with Crippen molar-refractivity contribution in [2.45, 2.75) is 56.7 Å². The molecule has 0 spiro atoms. The molecule has 0 heterocycles. The van der Waals surface area contributed by atoms with Gasteiger partial charge in [0.05, 0.1) is 0 Å². The Balaban J connectivity index is 1.75. The van der Waals surface area contributed by atoms with Crippen LogP contribution in [-0.4, -0.2) is 23.0 Å². The topological polar surface area (TPSA) is 29.1 Å². The van der Waals surface area contributed by atoms with Crippen LogP contribution in [0.5, 0.6) is 0 Å². The molecule has 0 saturated heterocycles. The lowest BCUT2D eigenvalue weighted by Gasteiger charge is -2.20. The van der Waals surface area contributed by atoms with E-state index in [4.69, 9.17) is 0 Å². The standard InChI is InChI=1S/C14H23NOS/c1-2-17-13-9-5-8-12(13)15-14(16)10-11-6-3-4-7-11/h3,6,11-13H,2,4-5,7-10H2,1H3,(H,15,16)/t11-,12+,13+/m0/s1. The SMILES string of the molecule is CCS[C@@H]1CCC[C@H]1NC(=O)C[C@H]1C=CCC1.